The van der Waals surface area contributed by atoms with Gasteiger partial charge < -0.3 is 14.8 Å². The van der Waals surface area contributed by atoms with Crippen LogP contribution in [0.25, 0.3) is 0 Å². The fraction of sp³-hybridized carbons (Fsp3) is 0.0500. The van der Waals surface area contributed by atoms with Crippen LogP contribution in [0.15, 0.2) is 71.2 Å². The number of para-hydroxylation sites is 1. The molecule has 0 saturated carbocycles. The third-order valence-corrected chi connectivity index (χ3v) is 4.52. The van der Waals surface area contributed by atoms with Crippen molar-refractivity contribution in [1.82, 2.24) is 0 Å². The third kappa shape index (κ3) is 5.63. The number of carbonyl (C=O) groups is 1. The van der Waals surface area contributed by atoms with Gasteiger partial charge in [-0.1, -0.05) is 41.4 Å². The highest BCUT2D eigenvalue weighted by atomic mass is 79.9. The molecule has 138 valence electrons. The molecule has 0 heterocycles. The van der Waals surface area contributed by atoms with Crippen LogP contribution in [0.4, 0.5) is 5.69 Å². The van der Waals surface area contributed by atoms with Crippen molar-refractivity contribution in [3.8, 4) is 17.2 Å². The fourth-order valence-corrected chi connectivity index (χ4v) is 3.60. The lowest BCUT2D eigenvalue weighted by molar-refractivity contribution is -0.118. The Morgan fingerprint density at radius 1 is 0.963 bits per heavy atom. The first-order valence-corrected chi connectivity index (χ1v) is 9.46. The Morgan fingerprint density at radius 2 is 1.63 bits per heavy atom. The number of nitrogens with one attached hydrogen (secondary N) is 1. The molecule has 0 aliphatic rings. The summed E-state index contributed by atoms with van der Waals surface area (Å²) in [5.41, 5.74) is 0.630. The molecular formula is C20H14BrCl2NO3. The highest BCUT2D eigenvalue weighted by Crippen LogP contribution is 2.36. The van der Waals surface area contributed by atoms with Crippen LogP contribution in [0, 0.1) is 0 Å². The van der Waals surface area contributed by atoms with Gasteiger partial charge in [-0.3, -0.25) is 4.79 Å². The summed E-state index contributed by atoms with van der Waals surface area (Å²) in [7, 11) is 0. The van der Waals surface area contributed by atoms with Crippen LogP contribution < -0.4 is 14.8 Å². The van der Waals surface area contributed by atoms with E-state index in [4.69, 9.17) is 32.7 Å². The van der Waals surface area contributed by atoms with Gasteiger partial charge in [0.05, 0.1) is 9.50 Å². The van der Waals surface area contributed by atoms with Gasteiger partial charge in [0.15, 0.2) is 12.4 Å². The molecule has 4 nitrogen and oxygen atoms in total. The molecule has 3 rings (SSSR count). The molecule has 0 radical (unpaired) electrons. The number of halogens is 3. The molecule has 0 atom stereocenters. The SMILES string of the molecule is O=C(COc1c(Cl)cc(Cl)cc1Br)Nc1ccc(Oc2ccccc2)cc1. The smallest absolute Gasteiger partial charge is 0.262 e. The first-order chi connectivity index (χ1) is 13.0. The molecule has 0 aliphatic carbocycles. The van der Waals surface area contributed by atoms with Gasteiger partial charge in [0.1, 0.15) is 11.5 Å². The predicted octanol–water partition coefficient (Wildman–Crippen LogP) is 6.57. The van der Waals surface area contributed by atoms with Gasteiger partial charge >= 0.3 is 0 Å². The Bertz CT molecular complexity index is 911. The van der Waals surface area contributed by atoms with Gasteiger partial charge in [0, 0.05) is 10.7 Å². The highest BCUT2D eigenvalue weighted by Gasteiger charge is 2.11. The molecule has 3 aromatic rings. The summed E-state index contributed by atoms with van der Waals surface area (Å²) in [6.45, 7) is -0.192. The standard InChI is InChI=1S/C20H14BrCl2NO3/c21-17-10-13(22)11-18(23)20(17)26-12-19(25)24-14-6-8-16(9-7-14)27-15-4-2-1-3-5-15/h1-11H,12H2,(H,24,25). The number of hydrogen-bond donors (Lipinski definition) is 1. The Kier molecular flexibility index (Phi) is 6.61. The molecule has 1 N–H and O–H groups in total. The summed E-state index contributed by atoms with van der Waals surface area (Å²) < 4.78 is 11.8. The monoisotopic (exact) mass is 465 g/mol. The van der Waals surface area contributed by atoms with E-state index in [0.717, 1.165) is 5.75 Å². The van der Waals surface area contributed by atoms with E-state index >= 15 is 0 Å². The lowest BCUT2D eigenvalue weighted by Crippen LogP contribution is -2.20. The number of carbonyl (C=O) groups excluding carboxylic acids is 1. The molecule has 3 aromatic carbocycles. The van der Waals surface area contributed by atoms with E-state index in [1.807, 2.05) is 30.3 Å². The summed E-state index contributed by atoms with van der Waals surface area (Å²) in [6.07, 6.45) is 0. The van der Waals surface area contributed by atoms with Gasteiger partial charge in [-0.25, -0.2) is 0 Å². The largest absolute Gasteiger partial charge is 0.481 e. The maximum atomic E-state index is 12.1. The zero-order valence-electron chi connectivity index (χ0n) is 13.9. The van der Waals surface area contributed by atoms with Gasteiger partial charge in [-0.05, 0) is 64.5 Å². The quantitative estimate of drug-likeness (QED) is 0.447. The van der Waals surface area contributed by atoms with Crippen molar-refractivity contribution < 1.29 is 14.3 Å². The summed E-state index contributed by atoms with van der Waals surface area (Å²) in [5, 5.41) is 3.55. The summed E-state index contributed by atoms with van der Waals surface area (Å²) in [5.74, 6) is 1.47. The summed E-state index contributed by atoms with van der Waals surface area (Å²) >= 11 is 15.3. The second-order valence-electron chi connectivity index (χ2n) is 5.47. The first kappa shape index (κ1) is 19.5. The Labute approximate surface area is 175 Å². The van der Waals surface area contributed by atoms with Gasteiger partial charge in [0.25, 0.3) is 5.91 Å². The molecule has 0 unspecified atom stereocenters. The Balaban J connectivity index is 1.55. The number of ether oxygens (including phenoxy) is 2. The molecular weight excluding hydrogens is 453 g/mol. The topological polar surface area (TPSA) is 47.6 Å². The molecule has 1 amide bonds. The minimum Gasteiger partial charge on any atom is -0.481 e. The number of hydrogen-bond acceptors (Lipinski definition) is 3. The van der Waals surface area contributed by atoms with Crippen molar-refractivity contribution in [1.29, 1.82) is 0 Å². The minimum atomic E-state index is -0.315. The normalized spacial score (nSPS) is 10.3. The second-order valence-corrected chi connectivity index (χ2v) is 7.17. The fourth-order valence-electron chi connectivity index (χ4n) is 2.23. The average molecular weight is 467 g/mol. The second kappa shape index (κ2) is 9.13. The van der Waals surface area contributed by atoms with Crippen molar-refractivity contribution in [2.45, 2.75) is 0 Å². The zero-order chi connectivity index (χ0) is 19.2. The van der Waals surface area contributed by atoms with Crippen LogP contribution in [0.5, 0.6) is 17.2 Å². The summed E-state index contributed by atoms with van der Waals surface area (Å²) in [4.78, 5) is 12.1. The van der Waals surface area contributed by atoms with Crippen molar-refractivity contribution >= 4 is 50.7 Å². The molecule has 0 saturated heterocycles. The van der Waals surface area contributed by atoms with Crippen LogP contribution >= 0.6 is 39.1 Å². The van der Waals surface area contributed by atoms with E-state index in [9.17, 15) is 4.79 Å². The minimum absolute atomic E-state index is 0.192. The van der Waals surface area contributed by atoms with Crippen LogP contribution in [0.2, 0.25) is 10.0 Å². The van der Waals surface area contributed by atoms with E-state index < -0.39 is 0 Å². The number of rotatable bonds is 6. The van der Waals surface area contributed by atoms with Crippen LogP contribution in [-0.2, 0) is 4.79 Å². The number of benzene rings is 3. The van der Waals surface area contributed by atoms with Crippen LogP contribution in [-0.4, -0.2) is 12.5 Å². The maximum Gasteiger partial charge on any atom is 0.262 e. The van der Waals surface area contributed by atoms with Gasteiger partial charge in [0.2, 0.25) is 0 Å². The third-order valence-electron chi connectivity index (χ3n) is 3.43. The van der Waals surface area contributed by atoms with E-state index in [1.165, 1.54) is 0 Å². The molecule has 27 heavy (non-hydrogen) atoms. The molecule has 0 fully saturated rings. The van der Waals surface area contributed by atoms with E-state index in [2.05, 4.69) is 21.2 Å². The lowest BCUT2D eigenvalue weighted by atomic mass is 10.3. The number of anilines is 1. The molecule has 0 spiro atoms. The van der Waals surface area contributed by atoms with Gasteiger partial charge in [-0.2, -0.15) is 0 Å². The van der Waals surface area contributed by atoms with Crippen molar-refractivity contribution in [2.75, 3.05) is 11.9 Å². The lowest BCUT2D eigenvalue weighted by Gasteiger charge is -2.11. The Hall–Kier alpha value is -2.21. The molecule has 0 bridgehead atoms. The van der Waals surface area contributed by atoms with Crippen molar-refractivity contribution in [3.05, 3.63) is 81.2 Å². The van der Waals surface area contributed by atoms with E-state index in [1.54, 1.807) is 36.4 Å². The first-order valence-electron chi connectivity index (χ1n) is 7.91. The van der Waals surface area contributed by atoms with Crippen LogP contribution in [0.3, 0.4) is 0 Å². The van der Waals surface area contributed by atoms with Gasteiger partial charge in [-0.15, -0.1) is 0 Å². The van der Waals surface area contributed by atoms with Crippen LogP contribution in [0.1, 0.15) is 0 Å². The van der Waals surface area contributed by atoms with E-state index in [-0.39, 0.29) is 12.5 Å². The highest BCUT2D eigenvalue weighted by molar-refractivity contribution is 9.10. The predicted molar refractivity (Wildman–Crippen MR) is 111 cm³/mol. The average Bonchev–Trinajstić information content (AvgIpc) is 2.63. The van der Waals surface area contributed by atoms with Crippen molar-refractivity contribution in [2.24, 2.45) is 0 Å². The zero-order valence-corrected chi connectivity index (χ0v) is 17.0. The Morgan fingerprint density at radius 3 is 2.30 bits per heavy atom. The summed E-state index contributed by atoms with van der Waals surface area (Å²) in [6, 6.07) is 19.7. The molecule has 7 heteroatoms. The maximum absolute atomic E-state index is 12.1. The number of amides is 1. The molecule has 0 aliphatic heterocycles. The van der Waals surface area contributed by atoms with E-state index in [0.29, 0.717) is 31.7 Å². The molecule has 0 aromatic heterocycles. The van der Waals surface area contributed by atoms with Crippen molar-refractivity contribution in [3.63, 3.8) is 0 Å².